The minimum Gasteiger partial charge on any atom is -0.469 e. The number of aliphatic hydroxyl groups is 1. The van der Waals surface area contributed by atoms with Crippen molar-refractivity contribution in [2.45, 2.75) is 19.4 Å². The Hall–Kier alpha value is -1.13. The number of hydrogen-bond acceptors (Lipinski definition) is 3. The van der Waals surface area contributed by atoms with E-state index in [9.17, 15) is 14.3 Å². The maximum Gasteiger partial charge on any atom is 0.308 e. The second kappa shape index (κ2) is 5.98. The number of hydrogen-bond donors (Lipinski definition) is 1. The first-order chi connectivity index (χ1) is 7.95. The number of aliphatic hydroxyl groups excluding tert-OH is 1. The van der Waals surface area contributed by atoms with Gasteiger partial charge in [-0.2, -0.15) is 0 Å². The Morgan fingerprint density at radius 2 is 2.24 bits per heavy atom. The largest absolute Gasteiger partial charge is 0.469 e. The van der Waals surface area contributed by atoms with Crippen LogP contribution in [0.2, 0.25) is 5.02 Å². The Labute approximate surface area is 104 Å². The number of methoxy groups -OCH3 is 1. The van der Waals surface area contributed by atoms with Crippen LogP contribution in [0, 0.1) is 11.7 Å². The minimum absolute atomic E-state index is 0.102. The molecule has 0 aliphatic heterocycles. The number of carbonyl (C=O) groups is 1. The first kappa shape index (κ1) is 13.9. The van der Waals surface area contributed by atoms with Gasteiger partial charge in [-0.1, -0.05) is 24.6 Å². The molecule has 0 aliphatic carbocycles. The highest BCUT2D eigenvalue weighted by Gasteiger charge is 2.21. The van der Waals surface area contributed by atoms with E-state index in [2.05, 4.69) is 4.74 Å². The monoisotopic (exact) mass is 260 g/mol. The van der Waals surface area contributed by atoms with E-state index < -0.39 is 23.8 Å². The molecule has 1 aromatic rings. The van der Waals surface area contributed by atoms with Crippen molar-refractivity contribution < 1.29 is 19.0 Å². The Bertz CT molecular complexity index is 409. The number of rotatable bonds is 4. The Balaban J connectivity index is 2.76. The zero-order valence-electron chi connectivity index (χ0n) is 9.61. The lowest BCUT2D eigenvalue weighted by Gasteiger charge is -2.15. The van der Waals surface area contributed by atoms with Crippen molar-refractivity contribution >= 4 is 17.6 Å². The van der Waals surface area contributed by atoms with Crippen molar-refractivity contribution in [3.05, 3.63) is 34.6 Å². The molecule has 0 aromatic heterocycles. The third-order valence-corrected chi connectivity index (χ3v) is 2.74. The summed E-state index contributed by atoms with van der Waals surface area (Å²) < 4.78 is 18.0. The smallest absolute Gasteiger partial charge is 0.308 e. The minimum atomic E-state index is -1.05. The van der Waals surface area contributed by atoms with Crippen LogP contribution >= 0.6 is 11.6 Å². The van der Waals surface area contributed by atoms with Crippen LogP contribution in [-0.4, -0.2) is 18.2 Å². The zero-order valence-corrected chi connectivity index (χ0v) is 10.4. The number of ether oxygens (including phenoxy) is 1. The molecule has 0 fully saturated rings. The molecule has 0 amide bonds. The molecule has 1 aromatic carbocycles. The van der Waals surface area contributed by atoms with Crippen molar-refractivity contribution in [3.63, 3.8) is 0 Å². The van der Waals surface area contributed by atoms with Crippen LogP contribution in [0.3, 0.4) is 0 Å². The van der Waals surface area contributed by atoms with E-state index in [1.807, 2.05) is 0 Å². The summed E-state index contributed by atoms with van der Waals surface area (Å²) in [5, 5.41) is 10.1. The van der Waals surface area contributed by atoms with Crippen LogP contribution in [0.5, 0.6) is 0 Å². The third kappa shape index (κ3) is 3.68. The van der Waals surface area contributed by atoms with Gasteiger partial charge in [-0.25, -0.2) is 4.39 Å². The molecular formula is C12H14ClFO3. The average molecular weight is 261 g/mol. The van der Waals surface area contributed by atoms with Gasteiger partial charge < -0.3 is 9.84 Å². The molecule has 0 spiro atoms. The quantitative estimate of drug-likeness (QED) is 0.847. The van der Waals surface area contributed by atoms with E-state index in [1.54, 1.807) is 6.92 Å². The van der Waals surface area contributed by atoms with Gasteiger partial charge in [0.25, 0.3) is 0 Å². The molecule has 0 bridgehead atoms. The van der Waals surface area contributed by atoms with Gasteiger partial charge in [0.05, 0.1) is 19.1 Å². The van der Waals surface area contributed by atoms with E-state index in [-0.39, 0.29) is 17.0 Å². The van der Waals surface area contributed by atoms with Gasteiger partial charge in [0.15, 0.2) is 0 Å². The highest BCUT2D eigenvalue weighted by Crippen LogP contribution is 2.26. The fourth-order valence-electron chi connectivity index (χ4n) is 1.53. The second-order valence-corrected chi connectivity index (χ2v) is 4.28. The van der Waals surface area contributed by atoms with E-state index in [0.29, 0.717) is 0 Å². The normalized spacial score (nSPS) is 14.2. The van der Waals surface area contributed by atoms with Gasteiger partial charge in [-0.15, -0.1) is 0 Å². The van der Waals surface area contributed by atoms with Gasteiger partial charge >= 0.3 is 5.97 Å². The van der Waals surface area contributed by atoms with Crippen LogP contribution < -0.4 is 0 Å². The van der Waals surface area contributed by atoms with E-state index in [1.165, 1.54) is 19.2 Å². The lowest BCUT2D eigenvalue weighted by atomic mass is 9.98. The van der Waals surface area contributed by atoms with E-state index in [4.69, 9.17) is 11.6 Å². The molecule has 0 saturated carbocycles. The average Bonchev–Trinajstić information content (AvgIpc) is 2.27. The summed E-state index contributed by atoms with van der Waals surface area (Å²) in [6, 6.07) is 4.03. The summed E-state index contributed by atoms with van der Waals surface area (Å²) in [7, 11) is 1.27. The highest BCUT2D eigenvalue weighted by atomic mass is 35.5. The van der Waals surface area contributed by atoms with Crippen LogP contribution in [-0.2, 0) is 9.53 Å². The predicted molar refractivity (Wildman–Crippen MR) is 62.2 cm³/mol. The van der Waals surface area contributed by atoms with Gasteiger partial charge in [0.1, 0.15) is 5.82 Å². The van der Waals surface area contributed by atoms with Crippen LogP contribution in [0.1, 0.15) is 25.0 Å². The summed E-state index contributed by atoms with van der Waals surface area (Å²) in [6.45, 7) is 1.61. The number of esters is 1. The molecule has 2 atom stereocenters. The van der Waals surface area contributed by atoms with Crippen molar-refractivity contribution in [1.29, 1.82) is 0 Å². The first-order valence-electron chi connectivity index (χ1n) is 5.16. The molecule has 0 saturated heterocycles. The van der Waals surface area contributed by atoms with Crippen LogP contribution in [0.15, 0.2) is 18.2 Å². The fourth-order valence-corrected chi connectivity index (χ4v) is 1.69. The molecule has 94 valence electrons. The summed E-state index contributed by atoms with van der Waals surface area (Å²) in [5.41, 5.74) is 0.130. The van der Waals surface area contributed by atoms with Gasteiger partial charge in [-0.05, 0) is 18.6 Å². The highest BCUT2D eigenvalue weighted by molar-refractivity contribution is 6.30. The third-order valence-electron chi connectivity index (χ3n) is 2.50. The van der Waals surface area contributed by atoms with Crippen molar-refractivity contribution in [1.82, 2.24) is 0 Å². The maximum absolute atomic E-state index is 13.5. The van der Waals surface area contributed by atoms with E-state index >= 15 is 0 Å². The molecule has 3 nitrogen and oxygen atoms in total. The lowest BCUT2D eigenvalue weighted by molar-refractivity contribution is -0.145. The Morgan fingerprint density at radius 1 is 1.59 bits per heavy atom. The van der Waals surface area contributed by atoms with Crippen molar-refractivity contribution in [2.24, 2.45) is 5.92 Å². The lowest BCUT2D eigenvalue weighted by Crippen LogP contribution is -2.16. The Kier molecular flexibility index (Phi) is 4.90. The Morgan fingerprint density at radius 3 is 2.76 bits per heavy atom. The molecule has 0 aliphatic rings. The summed E-state index contributed by atoms with van der Waals surface area (Å²) in [4.78, 5) is 11.2. The molecule has 1 N–H and O–H groups in total. The number of halogens is 2. The molecule has 0 heterocycles. The summed E-state index contributed by atoms with van der Waals surface area (Å²) in [5.74, 6) is -1.51. The SMILES string of the molecule is COC(=O)C(C)CC(O)c1ccc(Cl)cc1F. The maximum atomic E-state index is 13.5. The molecule has 5 heteroatoms. The summed E-state index contributed by atoms with van der Waals surface area (Å²) >= 11 is 5.60. The molecular weight excluding hydrogens is 247 g/mol. The van der Waals surface area contributed by atoms with Crippen molar-refractivity contribution in [3.8, 4) is 0 Å². The second-order valence-electron chi connectivity index (χ2n) is 3.84. The van der Waals surface area contributed by atoms with Crippen LogP contribution in [0.25, 0.3) is 0 Å². The number of benzene rings is 1. The predicted octanol–water partition coefficient (Wildman–Crippen LogP) is 2.71. The van der Waals surface area contributed by atoms with Gasteiger partial charge in [0, 0.05) is 10.6 Å². The molecule has 0 radical (unpaired) electrons. The van der Waals surface area contributed by atoms with Crippen LogP contribution in [0.4, 0.5) is 4.39 Å². The summed E-state index contributed by atoms with van der Waals surface area (Å²) in [6.07, 6.45) is -0.952. The topological polar surface area (TPSA) is 46.5 Å². The molecule has 17 heavy (non-hydrogen) atoms. The van der Waals surface area contributed by atoms with Gasteiger partial charge in [-0.3, -0.25) is 4.79 Å². The van der Waals surface area contributed by atoms with E-state index in [0.717, 1.165) is 6.07 Å². The van der Waals surface area contributed by atoms with Gasteiger partial charge in [0.2, 0.25) is 0 Å². The molecule has 2 unspecified atom stereocenters. The first-order valence-corrected chi connectivity index (χ1v) is 5.54. The fraction of sp³-hybridized carbons (Fsp3) is 0.417. The van der Waals surface area contributed by atoms with Crippen molar-refractivity contribution in [2.75, 3.05) is 7.11 Å². The standard InChI is InChI=1S/C12H14ClFO3/c1-7(12(16)17-2)5-11(15)9-4-3-8(13)6-10(9)14/h3-4,6-7,11,15H,5H2,1-2H3. The zero-order chi connectivity index (χ0) is 13.0. The molecule has 1 rings (SSSR count). The number of carbonyl (C=O) groups excluding carboxylic acids is 1.